The maximum Gasteiger partial charge on any atom is 0.241 e. The molecule has 0 saturated carbocycles. The number of carbonyl (C=O) groups excluding carboxylic acids is 2. The Bertz CT molecular complexity index is 1150. The highest BCUT2D eigenvalue weighted by atomic mass is 32.2. The normalized spacial score (nSPS) is 23.9. The molecule has 2 heterocycles. The third-order valence-electron chi connectivity index (χ3n) is 6.51. The van der Waals surface area contributed by atoms with Gasteiger partial charge in [0.2, 0.25) is 11.8 Å². The zero-order chi connectivity index (χ0) is 25.4. The summed E-state index contributed by atoms with van der Waals surface area (Å²) in [5, 5.41) is -0.539. The van der Waals surface area contributed by atoms with Gasteiger partial charge in [0.05, 0.1) is 24.7 Å². The van der Waals surface area contributed by atoms with Gasteiger partial charge in [0.1, 0.15) is 22.2 Å². The molecule has 0 bridgehead atoms. The molecule has 6 nitrogen and oxygen atoms in total. The summed E-state index contributed by atoms with van der Waals surface area (Å²) in [7, 11) is 3.28. The lowest BCUT2D eigenvalue weighted by Gasteiger charge is -2.27. The van der Waals surface area contributed by atoms with Crippen LogP contribution >= 0.6 is 23.5 Å². The Morgan fingerprint density at radius 3 is 1.22 bits per heavy atom. The number of ether oxygens (including phenoxy) is 2. The lowest BCUT2D eigenvalue weighted by atomic mass is 10.1. The molecular formula is C28H28N2O4S2. The highest BCUT2D eigenvalue weighted by Crippen LogP contribution is 2.48. The van der Waals surface area contributed by atoms with E-state index >= 15 is 0 Å². The Hall–Kier alpha value is -3.10. The van der Waals surface area contributed by atoms with Crippen molar-refractivity contribution in [3.63, 3.8) is 0 Å². The van der Waals surface area contributed by atoms with E-state index in [4.69, 9.17) is 9.47 Å². The van der Waals surface area contributed by atoms with Gasteiger partial charge in [-0.2, -0.15) is 0 Å². The summed E-state index contributed by atoms with van der Waals surface area (Å²) >= 11 is 3.26. The van der Waals surface area contributed by atoms with Crippen LogP contribution in [0.25, 0.3) is 0 Å². The van der Waals surface area contributed by atoms with E-state index in [0.717, 1.165) is 34.0 Å². The van der Waals surface area contributed by atoms with Crippen LogP contribution in [0.4, 0.5) is 11.4 Å². The molecule has 0 spiro atoms. The van der Waals surface area contributed by atoms with Crippen molar-refractivity contribution in [2.45, 2.75) is 35.1 Å². The van der Waals surface area contributed by atoms with Crippen LogP contribution in [0, 0.1) is 0 Å². The topological polar surface area (TPSA) is 59.1 Å². The van der Waals surface area contributed by atoms with Crippen molar-refractivity contribution in [1.82, 2.24) is 0 Å². The first-order chi connectivity index (χ1) is 17.4. The number of anilines is 2. The number of rotatable bonds is 6. The van der Waals surface area contributed by atoms with Crippen molar-refractivity contribution in [3.05, 3.63) is 83.9 Å². The van der Waals surface area contributed by atoms with Gasteiger partial charge >= 0.3 is 0 Å². The van der Waals surface area contributed by atoms with E-state index in [2.05, 4.69) is 0 Å². The van der Waals surface area contributed by atoms with E-state index in [0.29, 0.717) is 0 Å². The number of benzene rings is 3. The predicted octanol–water partition coefficient (Wildman–Crippen LogP) is 6.04. The van der Waals surface area contributed by atoms with Gasteiger partial charge in [-0.3, -0.25) is 19.4 Å². The van der Waals surface area contributed by atoms with Gasteiger partial charge in [-0.25, -0.2) is 0 Å². The molecule has 0 aliphatic carbocycles. The highest BCUT2D eigenvalue weighted by molar-refractivity contribution is 8.01. The van der Waals surface area contributed by atoms with Crippen molar-refractivity contribution in [2.24, 2.45) is 0 Å². The largest absolute Gasteiger partial charge is 0.497 e. The zero-order valence-electron chi connectivity index (χ0n) is 20.6. The van der Waals surface area contributed by atoms with Crippen LogP contribution in [0.2, 0.25) is 0 Å². The van der Waals surface area contributed by atoms with Gasteiger partial charge < -0.3 is 9.47 Å². The van der Waals surface area contributed by atoms with Crippen molar-refractivity contribution in [2.75, 3.05) is 24.0 Å². The SMILES string of the molecule is COc1ccc([C@H]2S[C@H](C)C(=O)N2c2ccc(N3C(=O)[C@@H](C)S[C@@H]3c3ccc(OC)cc3)cc2)cc1. The lowest BCUT2D eigenvalue weighted by molar-refractivity contribution is -0.118. The van der Waals surface area contributed by atoms with E-state index < -0.39 is 0 Å². The second-order valence-electron chi connectivity index (χ2n) is 8.74. The molecule has 2 amide bonds. The Labute approximate surface area is 219 Å². The molecule has 0 N–H and O–H groups in total. The molecule has 36 heavy (non-hydrogen) atoms. The smallest absolute Gasteiger partial charge is 0.241 e. The van der Waals surface area contributed by atoms with Gasteiger partial charge in [-0.05, 0) is 73.5 Å². The predicted molar refractivity (Wildman–Crippen MR) is 147 cm³/mol. The number of hydrogen-bond donors (Lipinski definition) is 0. The number of methoxy groups -OCH3 is 2. The molecule has 0 unspecified atom stereocenters. The minimum absolute atomic E-state index is 0.0751. The van der Waals surface area contributed by atoms with E-state index in [1.807, 2.05) is 96.4 Å². The summed E-state index contributed by atoms with van der Waals surface area (Å²) in [6, 6.07) is 23.4. The van der Waals surface area contributed by atoms with Gasteiger partial charge in [0.25, 0.3) is 0 Å². The standard InChI is InChI=1S/C28H28N2O4S2/c1-17-25(31)29(27(35-17)19-5-13-23(33-3)14-6-19)21-9-11-22(12-10-21)30-26(32)18(2)36-28(30)20-7-15-24(34-4)16-8-20/h5-18,27-28H,1-4H3/t17-,18-,27-,28-/m1/s1. The molecule has 3 aromatic carbocycles. The molecule has 2 aliphatic rings. The third kappa shape index (κ3) is 4.44. The molecule has 0 aromatic heterocycles. The number of amides is 2. The summed E-state index contributed by atoms with van der Waals surface area (Å²) in [6.45, 7) is 3.89. The number of thioether (sulfide) groups is 2. The fraction of sp³-hybridized carbons (Fsp3) is 0.286. The van der Waals surface area contributed by atoms with E-state index in [9.17, 15) is 9.59 Å². The maximum atomic E-state index is 13.1. The lowest BCUT2D eigenvalue weighted by Crippen LogP contribution is -2.31. The van der Waals surface area contributed by atoms with Crippen LogP contribution in [-0.4, -0.2) is 36.5 Å². The van der Waals surface area contributed by atoms with Crippen molar-refractivity contribution in [1.29, 1.82) is 0 Å². The Kier molecular flexibility index (Phi) is 6.90. The fourth-order valence-corrected chi connectivity index (χ4v) is 7.10. The van der Waals surface area contributed by atoms with Crippen molar-refractivity contribution in [3.8, 4) is 11.5 Å². The quantitative estimate of drug-likeness (QED) is 0.395. The van der Waals surface area contributed by atoms with E-state index in [-0.39, 0.29) is 33.1 Å². The molecule has 0 radical (unpaired) electrons. The molecule has 186 valence electrons. The van der Waals surface area contributed by atoms with Crippen LogP contribution in [0.5, 0.6) is 11.5 Å². The fourth-order valence-electron chi connectivity index (χ4n) is 4.54. The first kappa shape index (κ1) is 24.6. The summed E-state index contributed by atoms with van der Waals surface area (Å²) in [6.07, 6.45) is 0. The number of nitrogens with zero attached hydrogens (tertiary/aromatic N) is 2. The van der Waals surface area contributed by atoms with E-state index in [1.54, 1.807) is 37.7 Å². The van der Waals surface area contributed by atoms with Crippen LogP contribution in [0.1, 0.15) is 35.7 Å². The minimum atomic E-state index is -0.145. The summed E-state index contributed by atoms with van der Waals surface area (Å²) in [4.78, 5) is 30.0. The van der Waals surface area contributed by atoms with Crippen LogP contribution in [0.15, 0.2) is 72.8 Å². The molecule has 2 fully saturated rings. The minimum Gasteiger partial charge on any atom is -0.497 e. The van der Waals surface area contributed by atoms with Crippen LogP contribution < -0.4 is 19.3 Å². The second kappa shape index (κ2) is 10.1. The average Bonchev–Trinajstić information content (AvgIpc) is 3.38. The van der Waals surface area contributed by atoms with Crippen LogP contribution in [-0.2, 0) is 9.59 Å². The third-order valence-corrected chi connectivity index (χ3v) is 9.21. The monoisotopic (exact) mass is 520 g/mol. The number of hydrogen-bond acceptors (Lipinski definition) is 6. The van der Waals surface area contributed by atoms with Crippen molar-refractivity contribution >= 4 is 46.7 Å². The molecule has 3 aromatic rings. The number of carbonyl (C=O) groups is 2. The van der Waals surface area contributed by atoms with Gasteiger partial charge in [-0.1, -0.05) is 24.3 Å². The molecular weight excluding hydrogens is 492 g/mol. The van der Waals surface area contributed by atoms with Gasteiger partial charge in [0, 0.05) is 11.4 Å². The highest BCUT2D eigenvalue weighted by Gasteiger charge is 2.41. The van der Waals surface area contributed by atoms with Gasteiger partial charge in [-0.15, -0.1) is 23.5 Å². The second-order valence-corrected chi connectivity index (χ2v) is 11.6. The maximum absolute atomic E-state index is 13.1. The summed E-state index contributed by atoms with van der Waals surface area (Å²) in [5.41, 5.74) is 3.72. The summed E-state index contributed by atoms with van der Waals surface area (Å²) < 4.78 is 10.6. The van der Waals surface area contributed by atoms with Gasteiger partial charge in [0.15, 0.2) is 0 Å². The molecule has 2 saturated heterocycles. The molecule has 5 rings (SSSR count). The zero-order valence-corrected chi connectivity index (χ0v) is 22.2. The first-order valence-electron chi connectivity index (χ1n) is 11.8. The summed E-state index contributed by atoms with van der Waals surface area (Å²) in [5.74, 6) is 1.72. The average molecular weight is 521 g/mol. The Morgan fingerprint density at radius 1 is 0.583 bits per heavy atom. The molecule has 8 heteroatoms. The van der Waals surface area contributed by atoms with Crippen LogP contribution in [0.3, 0.4) is 0 Å². The molecule has 4 atom stereocenters. The first-order valence-corrected chi connectivity index (χ1v) is 13.6. The Morgan fingerprint density at radius 2 is 0.917 bits per heavy atom. The van der Waals surface area contributed by atoms with E-state index in [1.165, 1.54) is 0 Å². The molecule has 2 aliphatic heterocycles. The van der Waals surface area contributed by atoms with Crippen molar-refractivity contribution < 1.29 is 19.1 Å². The Balaban J connectivity index is 1.44.